The molecule has 0 aliphatic carbocycles. The number of nitrogens with zero attached hydrogens (tertiary/aromatic N) is 1. The number of nitrogens with one attached hydrogen (secondary N) is 2. The van der Waals surface area contributed by atoms with Crippen molar-refractivity contribution in [2.24, 2.45) is 5.92 Å². The van der Waals surface area contributed by atoms with Gasteiger partial charge in [0.05, 0.1) is 11.7 Å². The number of aliphatic hydroxyl groups is 1. The van der Waals surface area contributed by atoms with Gasteiger partial charge in [-0.1, -0.05) is 26.7 Å². The zero-order chi connectivity index (χ0) is 15.3. The molecule has 0 saturated carbocycles. The average Bonchev–Trinajstić information content (AvgIpc) is 2.36. The van der Waals surface area contributed by atoms with Gasteiger partial charge in [0, 0.05) is 18.3 Å². The molecule has 3 N–H and O–H groups in total. The maximum absolute atomic E-state index is 12.0. The van der Waals surface area contributed by atoms with Gasteiger partial charge in [-0.25, -0.2) is 4.98 Å². The van der Waals surface area contributed by atoms with Crippen LogP contribution in [0.2, 0.25) is 0 Å². The van der Waals surface area contributed by atoms with E-state index in [1.54, 1.807) is 6.92 Å². The number of aliphatic hydroxyl groups excluding tert-OH is 1. The van der Waals surface area contributed by atoms with Crippen LogP contribution in [0.15, 0.2) is 4.79 Å². The smallest absolute Gasteiger partial charge is 0.255 e. The monoisotopic (exact) mass is 281 g/mol. The number of H-pyrrole nitrogens is 1. The Morgan fingerprint density at radius 1 is 1.30 bits per heavy atom. The maximum Gasteiger partial charge on any atom is 0.255 e. The van der Waals surface area contributed by atoms with Crippen LogP contribution in [-0.2, 0) is 0 Å². The van der Waals surface area contributed by atoms with Gasteiger partial charge >= 0.3 is 0 Å². The fourth-order valence-corrected chi connectivity index (χ4v) is 2.64. The van der Waals surface area contributed by atoms with E-state index in [4.69, 9.17) is 0 Å². The summed E-state index contributed by atoms with van der Waals surface area (Å²) in [6, 6.07) is -0.129. The molecule has 0 spiro atoms. The lowest BCUT2D eigenvalue weighted by Crippen LogP contribution is -2.36. The lowest BCUT2D eigenvalue weighted by Gasteiger charge is -2.23. The van der Waals surface area contributed by atoms with Gasteiger partial charge in [0.15, 0.2) is 0 Å². The normalized spacial score (nSPS) is 14.6. The van der Waals surface area contributed by atoms with Crippen LogP contribution < -0.4 is 10.9 Å². The molecule has 2 unspecified atom stereocenters. The highest BCUT2D eigenvalue weighted by Crippen LogP contribution is 2.15. The first kappa shape index (κ1) is 16.9. The van der Waals surface area contributed by atoms with E-state index in [1.165, 1.54) is 0 Å². The first-order chi connectivity index (χ1) is 9.40. The Hall–Kier alpha value is -1.20. The van der Waals surface area contributed by atoms with Gasteiger partial charge in [0.1, 0.15) is 5.82 Å². The largest absolute Gasteiger partial charge is 0.392 e. The van der Waals surface area contributed by atoms with Crippen LogP contribution in [0.25, 0.3) is 0 Å². The van der Waals surface area contributed by atoms with E-state index in [0.717, 1.165) is 18.5 Å². The Kier molecular flexibility index (Phi) is 6.36. The van der Waals surface area contributed by atoms with Gasteiger partial charge in [-0.2, -0.15) is 0 Å². The topological polar surface area (TPSA) is 78.0 Å². The zero-order valence-electron chi connectivity index (χ0n) is 13.2. The minimum absolute atomic E-state index is 0.105. The van der Waals surface area contributed by atoms with Crippen LogP contribution in [0.4, 0.5) is 0 Å². The molecule has 0 radical (unpaired) electrons. The number of aryl methyl sites for hydroxylation is 2. The summed E-state index contributed by atoms with van der Waals surface area (Å²) in [7, 11) is 0. The molecule has 0 aliphatic heterocycles. The summed E-state index contributed by atoms with van der Waals surface area (Å²) in [4.78, 5) is 19.0. The third-order valence-electron chi connectivity index (χ3n) is 3.92. The molecule has 5 heteroatoms. The molecule has 0 bridgehead atoms. The first-order valence-corrected chi connectivity index (χ1v) is 7.39. The summed E-state index contributed by atoms with van der Waals surface area (Å²) < 4.78 is 0. The number of hydrogen-bond acceptors (Lipinski definition) is 4. The highest BCUT2D eigenvalue weighted by Gasteiger charge is 2.19. The second kappa shape index (κ2) is 7.55. The molecule has 1 aromatic rings. The first-order valence-electron chi connectivity index (χ1n) is 7.39. The molecule has 114 valence electrons. The van der Waals surface area contributed by atoms with Crippen molar-refractivity contribution in [3.8, 4) is 0 Å². The third-order valence-corrected chi connectivity index (χ3v) is 3.92. The highest BCUT2D eigenvalue weighted by molar-refractivity contribution is 5.19. The summed E-state index contributed by atoms with van der Waals surface area (Å²) in [6.45, 7) is 10.2. The van der Waals surface area contributed by atoms with Crippen molar-refractivity contribution in [2.75, 3.05) is 6.54 Å². The predicted octanol–water partition coefficient (Wildman–Crippen LogP) is 1.83. The van der Waals surface area contributed by atoms with Crippen molar-refractivity contribution in [3.05, 3.63) is 27.4 Å². The molecule has 0 aliphatic rings. The van der Waals surface area contributed by atoms with E-state index < -0.39 is 0 Å². The second-order valence-corrected chi connectivity index (χ2v) is 5.42. The van der Waals surface area contributed by atoms with E-state index in [9.17, 15) is 9.90 Å². The molecule has 20 heavy (non-hydrogen) atoms. The van der Waals surface area contributed by atoms with Crippen LogP contribution in [-0.4, -0.2) is 27.7 Å². The van der Waals surface area contributed by atoms with Crippen LogP contribution in [0.3, 0.4) is 0 Å². The number of hydrogen-bond donors (Lipinski definition) is 3. The van der Waals surface area contributed by atoms with Crippen molar-refractivity contribution in [2.45, 2.75) is 59.6 Å². The molecule has 1 aromatic heterocycles. The van der Waals surface area contributed by atoms with Crippen LogP contribution in [0.1, 0.15) is 56.7 Å². The molecule has 1 heterocycles. The third kappa shape index (κ3) is 4.15. The Balaban J connectivity index is 2.73. The van der Waals surface area contributed by atoms with E-state index >= 15 is 0 Å². The van der Waals surface area contributed by atoms with E-state index in [-0.39, 0.29) is 17.7 Å². The fourth-order valence-electron chi connectivity index (χ4n) is 2.64. The van der Waals surface area contributed by atoms with Crippen molar-refractivity contribution >= 4 is 0 Å². The van der Waals surface area contributed by atoms with E-state index in [0.29, 0.717) is 23.9 Å². The molecule has 0 fully saturated rings. The Morgan fingerprint density at radius 3 is 2.40 bits per heavy atom. The average molecular weight is 281 g/mol. The Bertz CT molecular complexity index is 480. The second-order valence-electron chi connectivity index (χ2n) is 5.42. The lowest BCUT2D eigenvalue weighted by atomic mass is 9.96. The predicted molar refractivity (Wildman–Crippen MR) is 80.8 cm³/mol. The van der Waals surface area contributed by atoms with Gasteiger partial charge in [-0.05, 0) is 26.7 Å². The molecule has 0 amide bonds. The molecular formula is C15H27N3O2. The molecule has 1 rings (SSSR count). The van der Waals surface area contributed by atoms with Gasteiger partial charge in [-0.15, -0.1) is 0 Å². The minimum atomic E-state index is -0.384. The van der Waals surface area contributed by atoms with Gasteiger partial charge < -0.3 is 15.4 Å². The summed E-state index contributed by atoms with van der Waals surface area (Å²) >= 11 is 0. The fraction of sp³-hybridized carbons (Fsp3) is 0.733. The van der Waals surface area contributed by atoms with Crippen molar-refractivity contribution in [3.63, 3.8) is 0 Å². The molecular weight excluding hydrogens is 254 g/mol. The standard InChI is InChI=1S/C15H27N3O2/c1-6-12(7-2)13(19)8-16-9(3)14-10(4)17-11(5)18-15(14)20/h9,12-13,16,19H,6-8H2,1-5H3,(H,17,18,20). The summed E-state index contributed by atoms with van der Waals surface area (Å²) in [5.41, 5.74) is 1.28. The number of aromatic amines is 1. The quantitative estimate of drug-likeness (QED) is 0.712. The maximum atomic E-state index is 12.0. The summed E-state index contributed by atoms with van der Waals surface area (Å²) in [5.74, 6) is 0.922. The molecule has 0 saturated heterocycles. The highest BCUT2D eigenvalue weighted by atomic mass is 16.3. The Labute approximate surface area is 120 Å². The summed E-state index contributed by atoms with van der Waals surface area (Å²) in [6.07, 6.45) is 1.53. The van der Waals surface area contributed by atoms with Gasteiger partial charge in [0.2, 0.25) is 0 Å². The lowest BCUT2D eigenvalue weighted by molar-refractivity contribution is 0.0988. The molecule has 0 aromatic carbocycles. The van der Waals surface area contributed by atoms with Crippen LogP contribution >= 0.6 is 0 Å². The minimum Gasteiger partial charge on any atom is -0.392 e. The van der Waals surface area contributed by atoms with E-state index in [2.05, 4.69) is 29.1 Å². The van der Waals surface area contributed by atoms with Crippen molar-refractivity contribution in [1.29, 1.82) is 0 Å². The summed E-state index contributed by atoms with van der Waals surface area (Å²) in [5, 5.41) is 13.4. The van der Waals surface area contributed by atoms with Crippen LogP contribution in [0.5, 0.6) is 0 Å². The number of rotatable bonds is 7. The Morgan fingerprint density at radius 2 is 1.90 bits per heavy atom. The molecule has 2 atom stereocenters. The van der Waals surface area contributed by atoms with Gasteiger partial charge in [0.25, 0.3) is 5.56 Å². The molecule has 5 nitrogen and oxygen atoms in total. The van der Waals surface area contributed by atoms with Crippen LogP contribution in [0, 0.1) is 19.8 Å². The SMILES string of the molecule is CCC(CC)C(O)CNC(C)c1c(C)nc(C)[nH]c1=O. The van der Waals surface area contributed by atoms with Crippen molar-refractivity contribution in [1.82, 2.24) is 15.3 Å². The van der Waals surface area contributed by atoms with Gasteiger partial charge in [-0.3, -0.25) is 4.79 Å². The van der Waals surface area contributed by atoms with E-state index in [1.807, 2.05) is 13.8 Å². The number of aromatic nitrogens is 2. The van der Waals surface area contributed by atoms with Crippen molar-refractivity contribution < 1.29 is 5.11 Å². The zero-order valence-corrected chi connectivity index (χ0v) is 13.2.